The van der Waals surface area contributed by atoms with Gasteiger partial charge in [0.25, 0.3) is 0 Å². The van der Waals surface area contributed by atoms with Gasteiger partial charge >= 0.3 is 5.97 Å². The predicted octanol–water partition coefficient (Wildman–Crippen LogP) is -0.528. The fraction of sp³-hybridized carbons (Fsp3) is 0.800. The number of carbonyl (C=O) groups excluding carboxylic acids is 1. The Morgan fingerprint density at radius 3 is 2.75 bits per heavy atom. The van der Waals surface area contributed by atoms with Crippen molar-refractivity contribution in [2.45, 2.75) is 43.9 Å². The van der Waals surface area contributed by atoms with E-state index in [4.69, 9.17) is 15.6 Å². The second kappa shape index (κ2) is 5.81. The van der Waals surface area contributed by atoms with Crippen molar-refractivity contribution in [3.63, 3.8) is 0 Å². The number of ether oxygens (including phenoxy) is 1. The molecule has 1 aliphatic rings. The minimum atomic E-state index is -1.07. The number of nitrogens with one attached hydrogen (secondary N) is 1. The standard InChI is InChI=1S/C10H18N2O4/c1-16-7-3-2-6(4-7)12-10(15)8(11)5-9(13)14/h6-8H,2-5,11H2,1H3,(H,12,15)(H,13,14). The van der Waals surface area contributed by atoms with Crippen molar-refractivity contribution in [2.24, 2.45) is 5.73 Å². The molecule has 0 radical (unpaired) electrons. The fourth-order valence-corrected chi connectivity index (χ4v) is 1.87. The molecule has 6 heteroatoms. The third-order valence-electron chi connectivity index (χ3n) is 2.80. The van der Waals surface area contributed by atoms with E-state index in [1.165, 1.54) is 0 Å². The summed E-state index contributed by atoms with van der Waals surface area (Å²) in [6.07, 6.45) is 2.37. The van der Waals surface area contributed by atoms with Gasteiger partial charge in [0.1, 0.15) is 0 Å². The van der Waals surface area contributed by atoms with Crippen LogP contribution in [0.1, 0.15) is 25.7 Å². The largest absolute Gasteiger partial charge is 0.481 e. The maximum Gasteiger partial charge on any atom is 0.305 e. The van der Waals surface area contributed by atoms with Crippen LogP contribution in [0.2, 0.25) is 0 Å². The van der Waals surface area contributed by atoms with Crippen molar-refractivity contribution in [1.82, 2.24) is 5.32 Å². The minimum Gasteiger partial charge on any atom is -0.481 e. The first-order chi connectivity index (χ1) is 7.52. The molecule has 0 aromatic heterocycles. The van der Waals surface area contributed by atoms with Crippen molar-refractivity contribution in [3.05, 3.63) is 0 Å². The molecule has 1 rings (SSSR count). The average molecular weight is 230 g/mol. The Kier molecular flexibility index (Phi) is 4.70. The van der Waals surface area contributed by atoms with E-state index in [9.17, 15) is 9.59 Å². The fourth-order valence-electron chi connectivity index (χ4n) is 1.87. The summed E-state index contributed by atoms with van der Waals surface area (Å²) in [6, 6.07) is -0.920. The highest BCUT2D eigenvalue weighted by Crippen LogP contribution is 2.21. The molecule has 0 aliphatic heterocycles. The van der Waals surface area contributed by atoms with E-state index in [-0.39, 0.29) is 18.6 Å². The molecule has 1 aliphatic carbocycles. The van der Waals surface area contributed by atoms with Gasteiger partial charge in [0.15, 0.2) is 0 Å². The molecule has 0 saturated heterocycles. The zero-order valence-corrected chi connectivity index (χ0v) is 9.31. The summed E-state index contributed by atoms with van der Waals surface area (Å²) >= 11 is 0. The van der Waals surface area contributed by atoms with Crippen LogP contribution in [0, 0.1) is 0 Å². The predicted molar refractivity (Wildman–Crippen MR) is 56.8 cm³/mol. The number of hydrogen-bond acceptors (Lipinski definition) is 4. The van der Waals surface area contributed by atoms with Crippen LogP contribution < -0.4 is 11.1 Å². The van der Waals surface area contributed by atoms with Crippen LogP contribution in [-0.2, 0) is 14.3 Å². The molecule has 0 spiro atoms. The lowest BCUT2D eigenvalue weighted by Gasteiger charge is -2.15. The van der Waals surface area contributed by atoms with E-state index in [2.05, 4.69) is 5.32 Å². The van der Waals surface area contributed by atoms with E-state index in [0.29, 0.717) is 0 Å². The van der Waals surface area contributed by atoms with Crippen LogP contribution in [0.5, 0.6) is 0 Å². The maximum atomic E-state index is 11.5. The number of methoxy groups -OCH3 is 1. The zero-order valence-electron chi connectivity index (χ0n) is 9.31. The van der Waals surface area contributed by atoms with Crippen molar-refractivity contribution in [3.8, 4) is 0 Å². The molecule has 0 bridgehead atoms. The molecule has 0 aromatic rings. The van der Waals surface area contributed by atoms with Crippen LogP contribution in [0.4, 0.5) is 0 Å². The Bertz CT molecular complexity index is 270. The Hall–Kier alpha value is -1.14. The van der Waals surface area contributed by atoms with Crippen LogP contribution >= 0.6 is 0 Å². The van der Waals surface area contributed by atoms with Gasteiger partial charge in [-0.2, -0.15) is 0 Å². The highest BCUT2D eigenvalue weighted by molar-refractivity contribution is 5.86. The lowest BCUT2D eigenvalue weighted by atomic mass is 10.2. The van der Waals surface area contributed by atoms with E-state index in [1.807, 2.05) is 0 Å². The third kappa shape index (κ3) is 3.79. The van der Waals surface area contributed by atoms with Crippen molar-refractivity contribution < 1.29 is 19.4 Å². The highest BCUT2D eigenvalue weighted by atomic mass is 16.5. The Morgan fingerprint density at radius 1 is 1.56 bits per heavy atom. The van der Waals surface area contributed by atoms with E-state index in [0.717, 1.165) is 19.3 Å². The SMILES string of the molecule is COC1CCC(NC(=O)C(N)CC(=O)O)C1. The number of carboxylic acids is 1. The van der Waals surface area contributed by atoms with Gasteiger partial charge in [-0.25, -0.2) is 0 Å². The number of rotatable bonds is 5. The molecule has 4 N–H and O–H groups in total. The number of carboxylic acid groups (broad SMARTS) is 1. The Balaban J connectivity index is 2.31. The third-order valence-corrected chi connectivity index (χ3v) is 2.80. The van der Waals surface area contributed by atoms with Crippen LogP contribution in [-0.4, -0.2) is 42.3 Å². The van der Waals surface area contributed by atoms with E-state index < -0.39 is 17.9 Å². The summed E-state index contributed by atoms with van der Waals surface area (Å²) in [5.41, 5.74) is 5.44. The van der Waals surface area contributed by atoms with E-state index >= 15 is 0 Å². The van der Waals surface area contributed by atoms with Crippen molar-refractivity contribution in [2.75, 3.05) is 7.11 Å². The van der Waals surface area contributed by atoms with Crippen molar-refractivity contribution in [1.29, 1.82) is 0 Å². The van der Waals surface area contributed by atoms with Gasteiger partial charge in [-0.15, -0.1) is 0 Å². The van der Waals surface area contributed by atoms with Crippen LogP contribution in [0.3, 0.4) is 0 Å². The molecule has 92 valence electrons. The number of amides is 1. The number of aliphatic carboxylic acids is 1. The summed E-state index contributed by atoms with van der Waals surface area (Å²) in [5, 5.41) is 11.2. The first-order valence-corrected chi connectivity index (χ1v) is 5.33. The highest BCUT2D eigenvalue weighted by Gasteiger charge is 2.27. The Labute approximate surface area is 94.1 Å². The lowest BCUT2D eigenvalue weighted by molar-refractivity contribution is -0.139. The molecule has 16 heavy (non-hydrogen) atoms. The van der Waals surface area contributed by atoms with Crippen LogP contribution in [0.25, 0.3) is 0 Å². The maximum absolute atomic E-state index is 11.5. The molecular formula is C10H18N2O4. The van der Waals surface area contributed by atoms with Gasteiger partial charge in [0, 0.05) is 13.2 Å². The first kappa shape index (κ1) is 12.9. The molecule has 1 saturated carbocycles. The summed E-state index contributed by atoms with van der Waals surface area (Å²) < 4.78 is 5.17. The Morgan fingerprint density at radius 2 is 2.25 bits per heavy atom. The summed E-state index contributed by atoms with van der Waals surface area (Å²) in [6.45, 7) is 0. The zero-order chi connectivity index (χ0) is 12.1. The lowest BCUT2D eigenvalue weighted by Crippen LogP contribution is -2.45. The number of hydrogen-bond donors (Lipinski definition) is 3. The van der Waals surface area contributed by atoms with Gasteiger partial charge in [-0.3, -0.25) is 9.59 Å². The summed E-state index contributed by atoms with van der Waals surface area (Å²) in [7, 11) is 1.64. The molecule has 0 heterocycles. The van der Waals surface area contributed by atoms with Gasteiger partial charge in [0.05, 0.1) is 18.6 Å². The monoisotopic (exact) mass is 230 g/mol. The average Bonchev–Trinajstić information content (AvgIpc) is 2.64. The topological polar surface area (TPSA) is 102 Å². The molecule has 6 nitrogen and oxygen atoms in total. The molecule has 0 aromatic carbocycles. The normalized spacial score (nSPS) is 26.4. The molecular weight excluding hydrogens is 212 g/mol. The summed E-state index contributed by atoms with van der Waals surface area (Å²) in [4.78, 5) is 21.9. The second-order valence-corrected chi connectivity index (χ2v) is 4.08. The van der Waals surface area contributed by atoms with Gasteiger partial charge in [-0.1, -0.05) is 0 Å². The number of carbonyl (C=O) groups is 2. The molecule has 3 unspecified atom stereocenters. The minimum absolute atomic E-state index is 0.0531. The number of nitrogens with two attached hydrogens (primary N) is 1. The molecule has 1 amide bonds. The summed E-state index contributed by atoms with van der Waals surface area (Å²) in [5.74, 6) is -1.46. The van der Waals surface area contributed by atoms with Gasteiger partial charge < -0.3 is 20.9 Å². The van der Waals surface area contributed by atoms with Crippen LogP contribution in [0.15, 0.2) is 0 Å². The quantitative estimate of drug-likeness (QED) is 0.589. The van der Waals surface area contributed by atoms with Gasteiger partial charge in [-0.05, 0) is 19.3 Å². The first-order valence-electron chi connectivity index (χ1n) is 5.33. The van der Waals surface area contributed by atoms with E-state index in [1.54, 1.807) is 7.11 Å². The van der Waals surface area contributed by atoms with Crippen molar-refractivity contribution >= 4 is 11.9 Å². The molecule has 1 fully saturated rings. The smallest absolute Gasteiger partial charge is 0.305 e. The van der Waals surface area contributed by atoms with Gasteiger partial charge in [0.2, 0.25) is 5.91 Å². The molecule has 3 atom stereocenters. The second-order valence-electron chi connectivity index (χ2n) is 4.08.